The summed E-state index contributed by atoms with van der Waals surface area (Å²) in [7, 11) is 0. The van der Waals surface area contributed by atoms with Gasteiger partial charge in [-0.3, -0.25) is 4.57 Å². The molecule has 1 fully saturated rings. The number of hydrogen-bond donors (Lipinski definition) is 5. The number of hydrogen-bond acceptors (Lipinski definition) is 8. The molecule has 0 spiro atoms. The molecule has 1 unspecified atom stereocenters. The molecule has 3 rings (SSSR count). The lowest BCUT2D eigenvalue weighted by Crippen LogP contribution is -2.33. The van der Waals surface area contributed by atoms with Crippen LogP contribution in [0.25, 0.3) is 11.2 Å². The molecule has 0 radical (unpaired) electrons. The highest BCUT2D eigenvalue weighted by Crippen LogP contribution is 2.31. The average Bonchev–Trinajstić information content (AvgIpc) is 3.14. The molecule has 1 saturated heterocycles. The van der Waals surface area contributed by atoms with Crippen LogP contribution in [-0.2, 0) is 4.74 Å². The number of aliphatic hydroxyl groups excluding tert-OH is 3. The van der Waals surface area contributed by atoms with Gasteiger partial charge in [0.25, 0.3) is 0 Å². The Balaban J connectivity index is 1.89. The van der Waals surface area contributed by atoms with Gasteiger partial charge in [0.1, 0.15) is 29.5 Å². The van der Waals surface area contributed by atoms with Crippen LogP contribution in [0.2, 0.25) is 0 Å². The van der Waals surface area contributed by atoms with Crippen LogP contribution < -0.4 is 5.32 Å². The van der Waals surface area contributed by atoms with E-state index in [0.29, 0.717) is 21.8 Å². The molecule has 4 atom stereocenters. The Labute approximate surface area is 149 Å². The summed E-state index contributed by atoms with van der Waals surface area (Å²) in [5.41, 5.74) is 1.01. The molecule has 5 N–H and O–H groups in total. The summed E-state index contributed by atoms with van der Waals surface area (Å²) in [5.74, 6) is 0.516. The molecule has 0 aromatic carbocycles. The van der Waals surface area contributed by atoms with Gasteiger partial charge in [0, 0.05) is 6.54 Å². The van der Waals surface area contributed by atoms with Crippen molar-refractivity contribution >= 4 is 29.3 Å². The summed E-state index contributed by atoms with van der Waals surface area (Å²) >= 11 is 5.29. The fraction of sp³-hybridized carbons (Fsp3) is 0.667. The predicted molar refractivity (Wildman–Crippen MR) is 93.7 cm³/mol. The van der Waals surface area contributed by atoms with Crippen molar-refractivity contribution in [3.63, 3.8) is 0 Å². The van der Waals surface area contributed by atoms with Crippen LogP contribution in [0.3, 0.4) is 0 Å². The second-order valence-corrected chi connectivity index (χ2v) is 6.49. The zero-order valence-corrected chi connectivity index (χ0v) is 14.7. The number of nitrogens with zero attached hydrogens (tertiary/aromatic N) is 3. The molecule has 25 heavy (non-hydrogen) atoms. The molecule has 0 bridgehead atoms. The normalized spacial score (nSPS) is 26.4. The van der Waals surface area contributed by atoms with Crippen molar-refractivity contribution in [3.05, 3.63) is 11.0 Å². The van der Waals surface area contributed by atoms with E-state index in [1.54, 1.807) is 4.57 Å². The summed E-state index contributed by atoms with van der Waals surface area (Å²) in [6.07, 6.45) is 0.644. The maximum Gasteiger partial charge on any atom is 0.203 e. The van der Waals surface area contributed by atoms with Crippen LogP contribution >= 0.6 is 12.2 Å². The van der Waals surface area contributed by atoms with Gasteiger partial charge in [-0.2, -0.15) is 0 Å². The predicted octanol–water partition coefficient (Wildman–Crippen LogP) is 0.702. The largest absolute Gasteiger partial charge is 0.394 e. The van der Waals surface area contributed by atoms with E-state index in [4.69, 9.17) is 17.0 Å². The van der Waals surface area contributed by atoms with Gasteiger partial charge < -0.3 is 30.4 Å². The summed E-state index contributed by atoms with van der Waals surface area (Å²) in [6, 6.07) is 0. The van der Waals surface area contributed by atoms with Gasteiger partial charge in [0.2, 0.25) is 5.95 Å². The van der Waals surface area contributed by atoms with Crippen molar-refractivity contribution in [1.82, 2.24) is 19.5 Å². The fourth-order valence-corrected chi connectivity index (χ4v) is 3.14. The van der Waals surface area contributed by atoms with Crippen molar-refractivity contribution < 1.29 is 20.1 Å². The second kappa shape index (κ2) is 7.75. The van der Waals surface area contributed by atoms with Crippen molar-refractivity contribution in [2.24, 2.45) is 0 Å². The van der Waals surface area contributed by atoms with Gasteiger partial charge >= 0.3 is 0 Å². The van der Waals surface area contributed by atoms with E-state index < -0.39 is 24.5 Å². The fourth-order valence-electron chi connectivity index (χ4n) is 2.90. The first-order chi connectivity index (χ1) is 12.1. The number of aromatic nitrogens is 4. The van der Waals surface area contributed by atoms with E-state index in [-0.39, 0.29) is 6.61 Å². The SMILES string of the molecule is CCCCCNc1nc(=S)c2ncn([C@@H]3O[C@H](CO)C(O)[C@@H]3O)c2[nH]1. The maximum absolute atomic E-state index is 10.2. The molecular formula is C15H23N5O4S. The van der Waals surface area contributed by atoms with Crippen molar-refractivity contribution in [2.45, 2.75) is 50.7 Å². The molecular weight excluding hydrogens is 346 g/mol. The standard InChI is InChI=1S/C15H23N5O4S/c1-2-3-4-5-16-15-18-12-9(13(25)19-15)17-7-20(12)14-11(23)10(22)8(6-21)24-14/h7-8,10-11,14,21-23H,2-6H2,1H3,(H2,16,18,19,25)/t8-,10?,11+,14-/m1/s1. The maximum atomic E-state index is 10.2. The van der Waals surface area contributed by atoms with E-state index in [0.717, 1.165) is 25.8 Å². The Morgan fingerprint density at radius 2 is 2.16 bits per heavy atom. The highest BCUT2D eigenvalue weighted by Gasteiger charge is 2.43. The first-order valence-electron chi connectivity index (χ1n) is 8.40. The Hall–Kier alpha value is -1.59. The molecule has 1 aliphatic heterocycles. The number of rotatable bonds is 7. The number of fused-ring (bicyclic) bond motifs is 1. The Morgan fingerprint density at radius 1 is 1.36 bits per heavy atom. The number of ether oxygens (including phenoxy) is 1. The van der Waals surface area contributed by atoms with Crippen molar-refractivity contribution in [3.8, 4) is 0 Å². The van der Waals surface area contributed by atoms with Crippen LogP contribution in [0.15, 0.2) is 6.33 Å². The molecule has 138 valence electrons. The molecule has 0 saturated carbocycles. The van der Waals surface area contributed by atoms with E-state index in [1.807, 2.05) is 0 Å². The molecule has 2 aromatic heterocycles. The smallest absolute Gasteiger partial charge is 0.203 e. The molecule has 3 heterocycles. The monoisotopic (exact) mass is 369 g/mol. The van der Waals surface area contributed by atoms with E-state index >= 15 is 0 Å². The number of nitrogens with one attached hydrogen (secondary N) is 2. The van der Waals surface area contributed by atoms with Gasteiger partial charge in [0.15, 0.2) is 10.9 Å². The summed E-state index contributed by atoms with van der Waals surface area (Å²) in [5, 5.41) is 32.6. The average molecular weight is 369 g/mol. The summed E-state index contributed by atoms with van der Waals surface area (Å²) < 4.78 is 7.45. The minimum Gasteiger partial charge on any atom is -0.394 e. The van der Waals surface area contributed by atoms with Crippen molar-refractivity contribution in [1.29, 1.82) is 0 Å². The minimum absolute atomic E-state index is 0.331. The lowest BCUT2D eigenvalue weighted by molar-refractivity contribution is -0.0511. The number of imidazole rings is 1. The Morgan fingerprint density at radius 3 is 2.84 bits per heavy atom. The summed E-state index contributed by atoms with van der Waals surface area (Å²) in [6.45, 7) is 2.51. The lowest BCUT2D eigenvalue weighted by Gasteiger charge is -2.17. The highest BCUT2D eigenvalue weighted by atomic mass is 32.1. The van der Waals surface area contributed by atoms with Gasteiger partial charge in [-0.1, -0.05) is 32.0 Å². The molecule has 10 heteroatoms. The third-order valence-electron chi connectivity index (χ3n) is 4.31. The number of aromatic amines is 1. The topological polar surface area (TPSA) is 128 Å². The van der Waals surface area contributed by atoms with Crippen LogP contribution in [0.5, 0.6) is 0 Å². The van der Waals surface area contributed by atoms with Crippen LogP contribution in [-0.4, -0.2) is 66.3 Å². The number of aliphatic hydroxyl groups is 3. The Bertz CT molecular complexity index is 779. The van der Waals surface area contributed by atoms with E-state index in [9.17, 15) is 15.3 Å². The van der Waals surface area contributed by atoms with Gasteiger partial charge in [-0.15, -0.1) is 0 Å². The number of anilines is 1. The third-order valence-corrected chi connectivity index (χ3v) is 4.60. The van der Waals surface area contributed by atoms with Crippen LogP contribution in [0.4, 0.5) is 5.95 Å². The van der Waals surface area contributed by atoms with E-state index in [1.165, 1.54) is 6.33 Å². The molecule has 9 nitrogen and oxygen atoms in total. The van der Waals surface area contributed by atoms with Gasteiger partial charge in [0.05, 0.1) is 12.9 Å². The van der Waals surface area contributed by atoms with E-state index in [2.05, 4.69) is 27.2 Å². The van der Waals surface area contributed by atoms with Gasteiger partial charge in [-0.25, -0.2) is 9.97 Å². The minimum atomic E-state index is -1.19. The lowest BCUT2D eigenvalue weighted by atomic mass is 10.1. The summed E-state index contributed by atoms with van der Waals surface area (Å²) in [4.78, 5) is 11.6. The van der Waals surface area contributed by atoms with Crippen LogP contribution in [0, 0.1) is 4.64 Å². The molecule has 1 aliphatic rings. The quantitative estimate of drug-likeness (QED) is 0.356. The van der Waals surface area contributed by atoms with Gasteiger partial charge in [-0.05, 0) is 6.42 Å². The molecule has 0 amide bonds. The zero-order chi connectivity index (χ0) is 18.0. The van der Waals surface area contributed by atoms with Crippen molar-refractivity contribution in [2.75, 3.05) is 18.5 Å². The number of H-pyrrole nitrogens is 1. The first kappa shape index (κ1) is 18.2. The third kappa shape index (κ3) is 3.53. The molecule has 2 aromatic rings. The first-order valence-corrected chi connectivity index (χ1v) is 8.80. The number of unbranched alkanes of at least 4 members (excludes halogenated alkanes) is 2. The molecule has 0 aliphatic carbocycles. The zero-order valence-electron chi connectivity index (χ0n) is 13.9. The second-order valence-electron chi connectivity index (χ2n) is 6.10. The Kier molecular flexibility index (Phi) is 5.64. The van der Waals surface area contributed by atoms with Crippen LogP contribution in [0.1, 0.15) is 32.4 Å². The highest BCUT2D eigenvalue weighted by molar-refractivity contribution is 7.71.